The molecule has 5 rings (SSSR count). The number of ether oxygens (including phenoxy) is 1. The third kappa shape index (κ3) is 3.59. The number of rotatable bonds is 4. The van der Waals surface area contributed by atoms with E-state index in [4.69, 9.17) is 9.72 Å². The van der Waals surface area contributed by atoms with Crippen molar-refractivity contribution in [3.63, 3.8) is 0 Å². The number of likely N-dealkylation sites (tertiary alicyclic amines) is 1. The van der Waals surface area contributed by atoms with E-state index in [1.807, 2.05) is 12.1 Å². The molecule has 1 atom stereocenters. The van der Waals surface area contributed by atoms with Gasteiger partial charge in [-0.2, -0.15) is 0 Å². The first kappa shape index (κ1) is 19.2. The topological polar surface area (TPSA) is 74.7 Å². The first-order valence-corrected chi connectivity index (χ1v) is 10.5. The monoisotopic (exact) mass is 409 g/mol. The summed E-state index contributed by atoms with van der Waals surface area (Å²) in [5, 5.41) is 12.6. The fourth-order valence-electron chi connectivity index (χ4n) is 4.51. The number of fused-ring (bicyclic) bond motifs is 2. The number of aliphatic hydroxyl groups is 1. The van der Waals surface area contributed by atoms with Crippen molar-refractivity contribution >= 4 is 22.9 Å². The van der Waals surface area contributed by atoms with Crippen molar-refractivity contribution in [2.24, 2.45) is 0 Å². The van der Waals surface area contributed by atoms with Crippen LogP contribution in [0.3, 0.4) is 0 Å². The van der Waals surface area contributed by atoms with E-state index >= 15 is 0 Å². The van der Waals surface area contributed by atoms with Crippen LogP contribution in [-0.2, 0) is 22.6 Å². The van der Waals surface area contributed by atoms with Gasteiger partial charge in [-0.15, -0.1) is 0 Å². The summed E-state index contributed by atoms with van der Waals surface area (Å²) in [6, 6.07) is 8.17. The summed E-state index contributed by atoms with van der Waals surface area (Å²) in [7, 11) is 0. The Morgan fingerprint density at radius 1 is 1.27 bits per heavy atom. The number of anilines is 1. The van der Waals surface area contributed by atoms with Crippen LogP contribution in [0.1, 0.15) is 41.8 Å². The molecule has 3 aliphatic heterocycles. The number of hydrogen-bond acceptors (Lipinski definition) is 5. The molecule has 30 heavy (non-hydrogen) atoms. The average Bonchev–Trinajstić information content (AvgIpc) is 3.27. The van der Waals surface area contributed by atoms with Crippen LogP contribution >= 0.6 is 0 Å². The molecule has 2 N–H and O–H groups in total. The Hall–Kier alpha value is -2.77. The Balaban J connectivity index is 1.33. The normalized spacial score (nSPS) is 23.1. The van der Waals surface area contributed by atoms with E-state index in [1.165, 1.54) is 12.1 Å². The summed E-state index contributed by atoms with van der Waals surface area (Å²) in [6.45, 7) is 3.05. The van der Waals surface area contributed by atoms with Crippen molar-refractivity contribution in [3.05, 3.63) is 58.7 Å². The zero-order chi connectivity index (χ0) is 20.7. The van der Waals surface area contributed by atoms with Gasteiger partial charge < -0.3 is 20.1 Å². The molecule has 0 radical (unpaired) electrons. The van der Waals surface area contributed by atoms with Crippen LogP contribution in [0.5, 0.6) is 0 Å². The first-order chi connectivity index (χ1) is 14.6. The van der Waals surface area contributed by atoms with Crippen LogP contribution in [0.15, 0.2) is 30.3 Å². The lowest BCUT2D eigenvalue weighted by atomic mass is 10.0. The van der Waals surface area contributed by atoms with Gasteiger partial charge in [0.1, 0.15) is 18.2 Å². The molecule has 6 nitrogen and oxygen atoms in total. The van der Waals surface area contributed by atoms with E-state index in [-0.39, 0.29) is 12.0 Å². The molecule has 1 aromatic heterocycles. The molecule has 0 spiro atoms. The number of nitrogens with zero attached hydrogens (tertiary/aromatic N) is 2. The van der Waals surface area contributed by atoms with E-state index in [2.05, 4.69) is 10.2 Å². The Kier molecular flexibility index (Phi) is 5.00. The summed E-state index contributed by atoms with van der Waals surface area (Å²) in [5.74, 6) is -0.212. The molecule has 156 valence electrons. The molecule has 1 saturated heterocycles. The average molecular weight is 409 g/mol. The van der Waals surface area contributed by atoms with Gasteiger partial charge in [0.15, 0.2) is 0 Å². The molecular formula is C23H24FN3O3. The fraction of sp³-hybridized carbons (Fsp3) is 0.391. The van der Waals surface area contributed by atoms with Crippen LogP contribution in [0, 0.1) is 5.82 Å². The van der Waals surface area contributed by atoms with Gasteiger partial charge in [0.25, 0.3) is 5.91 Å². The van der Waals surface area contributed by atoms with Crippen molar-refractivity contribution in [1.29, 1.82) is 0 Å². The van der Waals surface area contributed by atoms with Crippen molar-refractivity contribution in [1.82, 2.24) is 9.88 Å². The van der Waals surface area contributed by atoms with Crippen molar-refractivity contribution < 1.29 is 19.0 Å². The molecule has 0 saturated carbocycles. The number of aliphatic hydroxyl groups excluding tert-OH is 1. The predicted molar refractivity (Wildman–Crippen MR) is 111 cm³/mol. The van der Waals surface area contributed by atoms with Crippen molar-refractivity contribution in [3.8, 4) is 0 Å². The number of aryl methyl sites for hydroxylation is 1. The van der Waals surface area contributed by atoms with Crippen molar-refractivity contribution in [2.75, 3.05) is 25.0 Å². The van der Waals surface area contributed by atoms with Gasteiger partial charge in [-0.1, -0.05) is 0 Å². The second-order valence-electron chi connectivity index (χ2n) is 8.13. The number of benzene rings is 1. The standard InChI is InChI=1S/C23H24FN3O3/c24-14-5-8-19-18(11-14)21(23(29)26-19)22-17-7-6-15(25-20(17)13-30-22)3-1-9-27-10-2-4-16(28)12-27/h5-8,11,16,28H,1-4,9-10,12-13H2,(H,26,29)/b22-21-. The Labute approximate surface area is 174 Å². The Morgan fingerprint density at radius 2 is 2.17 bits per heavy atom. The lowest BCUT2D eigenvalue weighted by Crippen LogP contribution is -2.38. The van der Waals surface area contributed by atoms with Gasteiger partial charge in [0, 0.05) is 29.1 Å². The highest BCUT2D eigenvalue weighted by atomic mass is 19.1. The van der Waals surface area contributed by atoms with Gasteiger partial charge in [-0.25, -0.2) is 4.39 Å². The third-order valence-corrected chi connectivity index (χ3v) is 5.97. The van der Waals surface area contributed by atoms with Crippen LogP contribution in [0.2, 0.25) is 0 Å². The Morgan fingerprint density at radius 3 is 3.03 bits per heavy atom. The summed E-state index contributed by atoms with van der Waals surface area (Å²) >= 11 is 0. The summed E-state index contributed by atoms with van der Waals surface area (Å²) in [6.07, 6.45) is 3.57. The minimum absolute atomic E-state index is 0.202. The van der Waals surface area contributed by atoms with E-state index < -0.39 is 5.82 Å². The molecule has 2 aromatic rings. The van der Waals surface area contributed by atoms with Gasteiger partial charge >= 0.3 is 0 Å². The van der Waals surface area contributed by atoms with Crippen LogP contribution in [0.25, 0.3) is 11.3 Å². The fourth-order valence-corrected chi connectivity index (χ4v) is 4.51. The Bertz CT molecular complexity index is 1040. The van der Waals surface area contributed by atoms with Gasteiger partial charge in [0.05, 0.1) is 17.4 Å². The minimum Gasteiger partial charge on any atom is -0.486 e. The molecule has 4 heterocycles. The highest BCUT2D eigenvalue weighted by molar-refractivity contribution is 6.36. The number of piperidine rings is 1. The van der Waals surface area contributed by atoms with Gasteiger partial charge in [0.2, 0.25) is 0 Å². The molecule has 1 fully saturated rings. The summed E-state index contributed by atoms with van der Waals surface area (Å²) in [5.41, 5.74) is 4.06. The predicted octanol–water partition coefficient (Wildman–Crippen LogP) is 2.96. The van der Waals surface area contributed by atoms with Gasteiger partial charge in [-0.3, -0.25) is 9.78 Å². The van der Waals surface area contributed by atoms with Crippen LogP contribution < -0.4 is 5.32 Å². The number of hydrogen-bond donors (Lipinski definition) is 2. The molecule has 0 aliphatic carbocycles. The first-order valence-electron chi connectivity index (χ1n) is 10.5. The van der Waals surface area contributed by atoms with E-state index in [0.29, 0.717) is 29.2 Å². The maximum absolute atomic E-state index is 13.7. The van der Waals surface area contributed by atoms with Crippen LogP contribution in [-0.4, -0.2) is 46.6 Å². The highest BCUT2D eigenvalue weighted by Crippen LogP contribution is 2.41. The maximum atomic E-state index is 13.7. The summed E-state index contributed by atoms with van der Waals surface area (Å²) in [4.78, 5) is 19.6. The lowest BCUT2D eigenvalue weighted by molar-refractivity contribution is -0.110. The molecule has 1 amide bonds. The SMILES string of the molecule is O=C1Nc2ccc(F)cc2/C1=C1/OCc2nc(CCCN3CCCC(O)C3)ccc21. The quantitative estimate of drug-likeness (QED) is 0.760. The second kappa shape index (κ2) is 7.81. The summed E-state index contributed by atoms with van der Waals surface area (Å²) < 4.78 is 19.6. The van der Waals surface area contributed by atoms with Crippen molar-refractivity contribution in [2.45, 2.75) is 38.4 Å². The highest BCUT2D eigenvalue weighted by Gasteiger charge is 2.33. The number of carbonyl (C=O) groups is 1. The molecule has 1 unspecified atom stereocenters. The molecule has 0 bridgehead atoms. The number of halogens is 1. The molecular weight excluding hydrogens is 385 g/mol. The zero-order valence-electron chi connectivity index (χ0n) is 16.7. The number of carbonyl (C=O) groups excluding carboxylic acids is 1. The van der Waals surface area contributed by atoms with Crippen LogP contribution in [0.4, 0.5) is 10.1 Å². The lowest BCUT2D eigenvalue weighted by Gasteiger charge is -2.29. The number of pyridine rings is 1. The van der Waals surface area contributed by atoms with E-state index in [0.717, 1.165) is 62.3 Å². The minimum atomic E-state index is -0.392. The zero-order valence-corrected chi connectivity index (χ0v) is 16.7. The largest absolute Gasteiger partial charge is 0.486 e. The maximum Gasteiger partial charge on any atom is 0.260 e. The number of aromatic nitrogens is 1. The number of nitrogens with one attached hydrogen (secondary N) is 1. The molecule has 3 aliphatic rings. The molecule has 7 heteroatoms. The number of β-amino-alcohol motifs (C(OH)–C–C–N with tert-alkyl or cyclic N) is 1. The van der Waals surface area contributed by atoms with E-state index in [9.17, 15) is 14.3 Å². The molecule has 1 aromatic carbocycles. The number of amides is 1. The second-order valence-corrected chi connectivity index (χ2v) is 8.13. The van der Waals surface area contributed by atoms with E-state index in [1.54, 1.807) is 6.07 Å². The third-order valence-electron chi connectivity index (χ3n) is 5.97. The smallest absolute Gasteiger partial charge is 0.260 e. The van der Waals surface area contributed by atoms with Gasteiger partial charge in [-0.05, 0) is 69.1 Å².